The molecule has 118 valence electrons. The molecule has 2 nitrogen and oxygen atoms in total. The first-order valence-electron chi connectivity index (χ1n) is 6.70. The van der Waals surface area contributed by atoms with Crippen molar-refractivity contribution in [1.29, 1.82) is 0 Å². The van der Waals surface area contributed by atoms with Crippen LogP contribution in [-0.4, -0.2) is 7.05 Å². The zero-order valence-electron chi connectivity index (χ0n) is 12.2. The normalized spacial score (nSPS) is 11.4. The van der Waals surface area contributed by atoms with Crippen LogP contribution >= 0.6 is 0 Å². The zero-order valence-corrected chi connectivity index (χ0v) is 12.2. The van der Waals surface area contributed by atoms with Crippen molar-refractivity contribution < 1.29 is 17.6 Å². The molecular weight excluding hydrogens is 296 g/mol. The van der Waals surface area contributed by atoms with Crippen molar-refractivity contribution in [3.63, 3.8) is 0 Å². The minimum atomic E-state index is -4.58. The lowest BCUT2D eigenvalue weighted by Gasteiger charge is -2.15. The molecule has 0 aliphatic carbocycles. The number of rotatable bonds is 4. The van der Waals surface area contributed by atoms with Gasteiger partial charge in [-0.2, -0.15) is 13.2 Å². The van der Waals surface area contributed by atoms with E-state index in [1.54, 1.807) is 19.2 Å². The highest BCUT2D eigenvalue weighted by Crippen LogP contribution is 2.33. The van der Waals surface area contributed by atoms with Gasteiger partial charge < -0.3 is 10.6 Å². The predicted octanol–water partition coefficient (Wildman–Crippen LogP) is 4.81. The van der Waals surface area contributed by atoms with Gasteiger partial charge in [0.25, 0.3) is 0 Å². The van der Waals surface area contributed by atoms with Crippen LogP contribution in [0.1, 0.15) is 16.7 Å². The van der Waals surface area contributed by atoms with Gasteiger partial charge in [0.05, 0.1) is 5.56 Å². The molecule has 0 spiro atoms. The Kier molecular flexibility index (Phi) is 4.59. The van der Waals surface area contributed by atoms with Gasteiger partial charge in [-0.3, -0.25) is 0 Å². The Morgan fingerprint density at radius 1 is 1.09 bits per heavy atom. The number of alkyl halides is 3. The van der Waals surface area contributed by atoms with E-state index in [-0.39, 0.29) is 12.1 Å². The number of nitrogens with one attached hydrogen (secondary N) is 2. The van der Waals surface area contributed by atoms with Crippen LogP contribution in [0.15, 0.2) is 36.4 Å². The monoisotopic (exact) mass is 312 g/mol. The largest absolute Gasteiger partial charge is 0.416 e. The second-order valence-electron chi connectivity index (χ2n) is 4.90. The topological polar surface area (TPSA) is 24.1 Å². The third-order valence-electron chi connectivity index (χ3n) is 3.39. The van der Waals surface area contributed by atoms with Crippen LogP contribution < -0.4 is 10.6 Å². The third kappa shape index (κ3) is 3.50. The fourth-order valence-corrected chi connectivity index (χ4v) is 2.25. The molecule has 6 heteroatoms. The summed E-state index contributed by atoms with van der Waals surface area (Å²) in [4.78, 5) is 0. The lowest BCUT2D eigenvalue weighted by Crippen LogP contribution is -2.13. The summed E-state index contributed by atoms with van der Waals surface area (Å²) in [6, 6.07) is 8.31. The number of benzene rings is 2. The van der Waals surface area contributed by atoms with E-state index in [4.69, 9.17) is 0 Å². The van der Waals surface area contributed by atoms with Gasteiger partial charge in [-0.15, -0.1) is 0 Å². The van der Waals surface area contributed by atoms with E-state index in [1.807, 2.05) is 13.0 Å². The third-order valence-corrected chi connectivity index (χ3v) is 3.39. The van der Waals surface area contributed by atoms with E-state index in [2.05, 4.69) is 10.6 Å². The summed E-state index contributed by atoms with van der Waals surface area (Å²) in [5.74, 6) is -0.870. The van der Waals surface area contributed by atoms with Crippen LogP contribution in [-0.2, 0) is 12.7 Å². The van der Waals surface area contributed by atoms with E-state index in [1.165, 1.54) is 0 Å². The molecule has 0 saturated heterocycles. The van der Waals surface area contributed by atoms with Gasteiger partial charge in [-0.25, -0.2) is 4.39 Å². The van der Waals surface area contributed by atoms with Crippen LogP contribution in [0, 0.1) is 12.7 Å². The molecule has 0 amide bonds. The maximum Gasteiger partial charge on any atom is 0.416 e. The van der Waals surface area contributed by atoms with Gasteiger partial charge in [0.2, 0.25) is 0 Å². The van der Waals surface area contributed by atoms with Gasteiger partial charge in [-0.1, -0.05) is 6.07 Å². The first-order chi connectivity index (χ1) is 10.3. The highest BCUT2D eigenvalue weighted by atomic mass is 19.4. The average Bonchev–Trinajstić information content (AvgIpc) is 2.45. The second kappa shape index (κ2) is 6.25. The van der Waals surface area contributed by atoms with E-state index < -0.39 is 17.6 Å². The van der Waals surface area contributed by atoms with E-state index >= 15 is 0 Å². The molecule has 0 aromatic heterocycles. The van der Waals surface area contributed by atoms with Crippen LogP contribution in [0.25, 0.3) is 0 Å². The summed E-state index contributed by atoms with van der Waals surface area (Å²) in [6.07, 6.45) is -4.58. The SMILES string of the molecule is CNc1ccc(NCc2c(F)cccc2C(F)(F)F)cc1C. The van der Waals surface area contributed by atoms with Crippen LogP contribution in [0.2, 0.25) is 0 Å². The Morgan fingerprint density at radius 2 is 1.82 bits per heavy atom. The average molecular weight is 312 g/mol. The molecule has 0 fully saturated rings. The fraction of sp³-hybridized carbons (Fsp3) is 0.250. The maximum absolute atomic E-state index is 13.7. The standard InChI is InChI=1S/C16H16F4N2/c1-10-8-11(6-7-15(10)21-2)22-9-12-13(16(18,19)20)4-3-5-14(12)17/h3-8,21-22H,9H2,1-2H3. The minimum absolute atomic E-state index is 0.236. The summed E-state index contributed by atoms with van der Waals surface area (Å²) >= 11 is 0. The van der Waals surface area contributed by atoms with Crippen molar-refractivity contribution in [2.75, 3.05) is 17.7 Å². The molecule has 2 rings (SSSR count). The van der Waals surface area contributed by atoms with Crippen molar-refractivity contribution in [2.45, 2.75) is 19.6 Å². The molecular formula is C16H16F4N2. The van der Waals surface area contributed by atoms with Crippen molar-refractivity contribution in [1.82, 2.24) is 0 Å². The molecule has 0 saturated carbocycles. The van der Waals surface area contributed by atoms with Gasteiger partial charge in [0, 0.05) is 30.5 Å². The number of hydrogen-bond acceptors (Lipinski definition) is 2. The highest BCUT2D eigenvalue weighted by Gasteiger charge is 2.34. The van der Waals surface area contributed by atoms with Crippen LogP contribution in [0.3, 0.4) is 0 Å². The molecule has 0 heterocycles. The minimum Gasteiger partial charge on any atom is -0.388 e. The van der Waals surface area contributed by atoms with Crippen molar-refractivity contribution >= 4 is 11.4 Å². The number of halogens is 4. The zero-order chi connectivity index (χ0) is 16.3. The van der Waals surface area contributed by atoms with Gasteiger partial charge in [-0.05, 0) is 42.8 Å². The molecule has 2 aromatic rings. The number of anilines is 2. The molecule has 0 bridgehead atoms. The van der Waals surface area contributed by atoms with Gasteiger partial charge >= 0.3 is 6.18 Å². The van der Waals surface area contributed by atoms with Crippen molar-refractivity contribution in [3.05, 3.63) is 58.9 Å². The first kappa shape index (κ1) is 16.1. The molecule has 0 atom stereocenters. The second-order valence-corrected chi connectivity index (χ2v) is 4.90. The van der Waals surface area contributed by atoms with Gasteiger partial charge in [0.15, 0.2) is 0 Å². The summed E-state index contributed by atoms with van der Waals surface area (Å²) in [6.45, 7) is 1.64. The molecule has 2 N–H and O–H groups in total. The molecule has 0 unspecified atom stereocenters. The van der Waals surface area contributed by atoms with E-state index in [0.717, 1.165) is 29.4 Å². The predicted molar refractivity (Wildman–Crippen MR) is 79.5 cm³/mol. The highest BCUT2D eigenvalue weighted by molar-refractivity contribution is 5.59. The Labute approximate surface area is 126 Å². The number of aryl methyl sites for hydroxylation is 1. The van der Waals surface area contributed by atoms with Crippen molar-refractivity contribution in [3.8, 4) is 0 Å². The maximum atomic E-state index is 13.7. The van der Waals surface area contributed by atoms with Crippen LogP contribution in [0.5, 0.6) is 0 Å². The van der Waals surface area contributed by atoms with Crippen LogP contribution in [0.4, 0.5) is 28.9 Å². The lowest BCUT2D eigenvalue weighted by molar-refractivity contribution is -0.138. The quantitative estimate of drug-likeness (QED) is 0.792. The van der Waals surface area contributed by atoms with E-state index in [9.17, 15) is 17.6 Å². The molecule has 0 aliphatic rings. The fourth-order valence-electron chi connectivity index (χ4n) is 2.25. The first-order valence-corrected chi connectivity index (χ1v) is 6.70. The lowest BCUT2D eigenvalue weighted by atomic mass is 10.1. The Balaban J connectivity index is 2.23. The Hall–Kier alpha value is -2.24. The Morgan fingerprint density at radius 3 is 2.41 bits per heavy atom. The summed E-state index contributed by atoms with van der Waals surface area (Å²) < 4.78 is 52.5. The summed E-state index contributed by atoms with van der Waals surface area (Å²) in [5.41, 5.74) is 1.16. The smallest absolute Gasteiger partial charge is 0.388 e. The molecule has 2 aromatic carbocycles. The molecule has 22 heavy (non-hydrogen) atoms. The summed E-state index contributed by atoms with van der Waals surface area (Å²) in [5, 5.41) is 5.84. The Bertz CT molecular complexity index is 666. The molecule has 0 aliphatic heterocycles. The molecule has 0 radical (unpaired) electrons. The van der Waals surface area contributed by atoms with E-state index in [0.29, 0.717) is 5.69 Å². The summed E-state index contributed by atoms with van der Waals surface area (Å²) in [7, 11) is 1.78. The van der Waals surface area contributed by atoms with Crippen molar-refractivity contribution in [2.24, 2.45) is 0 Å². The van der Waals surface area contributed by atoms with Gasteiger partial charge in [0.1, 0.15) is 5.82 Å². The number of hydrogen-bond donors (Lipinski definition) is 2.